The normalized spacial score (nSPS) is 11.2. The molecule has 0 saturated carbocycles. The van der Waals surface area contributed by atoms with Gasteiger partial charge in [-0.15, -0.1) is 0 Å². The lowest BCUT2D eigenvalue weighted by atomic mass is 10.2. The van der Waals surface area contributed by atoms with Crippen molar-refractivity contribution in [1.82, 2.24) is 0 Å². The molecule has 2 rings (SSSR count). The van der Waals surface area contributed by atoms with Gasteiger partial charge in [0.15, 0.2) is 17.6 Å². The van der Waals surface area contributed by atoms with Crippen molar-refractivity contribution in [1.29, 1.82) is 0 Å². The third-order valence-corrected chi connectivity index (χ3v) is 3.92. The fourth-order valence-corrected chi connectivity index (χ4v) is 2.38. The van der Waals surface area contributed by atoms with Gasteiger partial charge in [0.25, 0.3) is 11.6 Å². The topological polar surface area (TPSA) is 126 Å². The molecule has 0 aromatic heterocycles. The van der Waals surface area contributed by atoms with Crippen LogP contribution in [-0.4, -0.2) is 44.2 Å². The number of amides is 1. The number of hydrogen-bond acceptors (Lipinski definition) is 8. The third kappa shape index (κ3) is 5.12. The lowest BCUT2D eigenvalue weighted by Gasteiger charge is -2.17. The van der Waals surface area contributed by atoms with E-state index in [2.05, 4.69) is 10.1 Å². The van der Waals surface area contributed by atoms with Crippen LogP contribution in [0.15, 0.2) is 36.4 Å². The number of esters is 1. The molecule has 10 nitrogen and oxygen atoms in total. The van der Waals surface area contributed by atoms with Gasteiger partial charge in [-0.25, -0.2) is 4.79 Å². The molecule has 0 unspecified atom stereocenters. The zero-order chi connectivity index (χ0) is 21.6. The van der Waals surface area contributed by atoms with Crippen LogP contribution in [0.2, 0.25) is 0 Å². The van der Waals surface area contributed by atoms with Crippen molar-refractivity contribution in [2.24, 2.45) is 0 Å². The number of nitro benzene ring substituents is 1. The third-order valence-electron chi connectivity index (χ3n) is 3.92. The molecule has 10 heteroatoms. The van der Waals surface area contributed by atoms with Gasteiger partial charge in [0.05, 0.1) is 37.9 Å². The van der Waals surface area contributed by atoms with Crippen molar-refractivity contribution in [3.63, 3.8) is 0 Å². The Morgan fingerprint density at radius 3 is 2.34 bits per heavy atom. The number of benzene rings is 2. The monoisotopic (exact) mass is 404 g/mol. The molecule has 0 bridgehead atoms. The number of ether oxygens (including phenoxy) is 4. The number of nitrogens with one attached hydrogen (secondary N) is 1. The summed E-state index contributed by atoms with van der Waals surface area (Å²) in [7, 11) is 4.02. The number of hydrogen-bond donors (Lipinski definition) is 1. The highest BCUT2D eigenvalue weighted by Gasteiger charge is 2.22. The van der Waals surface area contributed by atoms with Gasteiger partial charge in [-0.2, -0.15) is 0 Å². The van der Waals surface area contributed by atoms with E-state index in [1.807, 2.05) is 0 Å². The summed E-state index contributed by atoms with van der Waals surface area (Å²) in [5.41, 5.74) is -0.0585. The van der Waals surface area contributed by atoms with Crippen LogP contribution in [0.3, 0.4) is 0 Å². The number of rotatable bonds is 8. The van der Waals surface area contributed by atoms with E-state index in [-0.39, 0.29) is 34.2 Å². The maximum Gasteiger partial charge on any atom is 0.337 e. The van der Waals surface area contributed by atoms with Crippen LogP contribution >= 0.6 is 0 Å². The van der Waals surface area contributed by atoms with Gasteiger partial charge in [0.2, 0.25) is 0 Å². The second kappa shape index (κ2) is 9.40. The smallest absolute Gasteiger partial charge is 0.337 e. The Bertz CT molecular complexity index is 928. The van der Waals surface area contributed by atoms with Gasteiger partial charge in [0.1, 0.15) is 11.4 Å². The largest absolute Gasteiger partial charge is 0.496 e. The molecule has 0 aliphatic heterocycles. The van der Waals surface area contributed by atoms with Crippen LogP contribution in [0.1, 0.15) is 17.3 Å². The van der Waals surface area contributed by atoms with Crippen molar-refractivity contribution in [2.45, 2.75) is 13.0 Å². The SMILES string of the molecule is COC(=O)c1ccc(O[C@H](C)C(=O)Nc2ccc(OC)cc2[N+](=O)[O-])c(OC)c1. The molecule has 0 radical (unpaired) electrons. The first-order valence-corrected chi connectivity index (χ1v) is 8.37. The van der Waals surface area contributed by atoms with E-state index in [1.165, 1.54) is 64.7 Å². The summed E-state index contributed by atoms with van der Waals surface area (Å²) in [5, 5.41) is 13.7. The van der Waals surface area contributed by atoms with Gasteiger partial charge in [-0.1, -0.05) is 0 Å². The first-order valence-electron chi connectivity index (χ1n) is 8.37. The quantitative estimate of drug-likeness (QED) is 0.404. The lowest BCUT2D eigenvalue weighted by molar-refractivity contribution is -0.384. The molecule has 0 heterocycles. The molecule has 2 aromatic rings. The van der Waals surface area contributed by atoms with E-state index in [0.29, 0.717) is 0 Å². The summed E-state index contributed by atoms with van der Waals surface area (Å²) in [4.78, 5) is 34.7. The molecule has 0 fully saturated rings. The molecule has 0 spiro atoms. The molecule has 29 heavy (non-hydrogen) atoms. The zero-order valence-corrected chi connectivity index (χ0v) is 16.3. The first-order chi connectivity index (χ1) is 13.8. The Morgan fingerprint density at radius 1 is 1.03 bits per heavy atom. The molecule has 154 valence electrons. The standard InChI is InChI=1S/C19H20N2O8/c1-11(29-16-8-5-12(19(23)28-4)9-17(16)27-3)18(22)20-14-7-6-13(26-2)10-15(14)21(24)25/h5-11H,1-4H3,(H,20,22)/t11-/m1/s1. The minimum absolute atomic E-state index is 0.00394. The van der Waals surface area contributed by atoms with E-state index in [1.54, 1.807) is 0 Å². The summed E-state index contributed by atoms with van der Waals surface area (Å²) < 4.78 is 20.4. The summed E-state index contributed by atoms with van der Waals surface area (Å²) in [6.45, 7) is 1.47. The molecule has 1 atom stereocenters. The maximum absolute atomic E-state index is 12.5. The second-order valence-corrected chi connectivity index (χ2v) is 5.75. The summed E-state index contributed by atoms with van der Waals surface area (Å²) >= 11 is 0. The first kappa shape index (κ1) is 21.5. The summed E-state index contributed by atoms with van der Waals surface area (Å²) in [5.74, 6) is -0.436. The fraction of sp³-hybridized carbons (Fsp3) is 0.263. The molecule has 2 aromatic carbocycles. The molecule has 0 aliphatic rings. The Hall–Kier alpha value is -3.82. The minimum Gasteiger partial charge on any atom is -0.496 e. The molecule has 1 N–H and O–H groups in total. The molecular weight excluding hydrogens is 384 g/mol. The Kier molecular flexibility index (Phi) is 6.96. The second-order valence-electron chi connectivity index (χ2n) is 5.75. The highest BCUT2D eigenvalue weighted by atomic mass is 16.6. The number of carbonyl (C=O) groups is 2. The average Bonchev–Trinajstić information content (AvgIpc) is 2.73. The summed E-state index contributed by atoms with van der Waals surface area (Å²) in [6.07, 6.45) is -1.02. The molecular formula is C19H20N2O8. The number of methoxy groups -OCH3 is 3. The Morgan fingerprint density at radius 2 is 1.76 bits per heavy atom. The van der Waals surface area contributed by atoms with Gasteiger partial charge in [0, 0.05) is 0 Å². The van der Waals surface area contributed by atoms with Crippen molar-refractivity contribution >= 4 is 23.3 Å². The maximum atomic E-state index is 12.5. The molecule has 0 saturated heterocycles. The van der Waals surface area contributed by atoms with Crippen LogP contribution < -0.4 is 19.5 Å². The van der Waals surface area contributed by atoms with Crippen LogP contribution in [0.25, 0.3) is 0 Å². The van der Waals surface area contributed by atoms with Crippen LogP contribution in [0.5, 0.6) is 17.2 Å². The summed E-state index contributed by atoms with van der Waals surface area (Å²) in [6, 6.07) is 8.40. The number of nitrogens with zero attached hydrogens (tertiary/aromatic N) is 1. The molecule has 1 amide bonds. The number of nitro groups is 1. The highest BCUT2D eigenvalue weighted by molar-refractivity contribution is 5.96. The van der Waals surface area contributed by atoms with Crippen LogP contribution in [-0.2, 0) is 9.53 Å². The van der Waals surface area contributed by atoms with Crippen LogP contribution in [0.4, 0.5) is 11.4 Å². The van der Waals surface area contributed by atoms with Gasteiger partial charge >= 0.3 is 5.97 Å². The van der Waals surface area contributed by atoms with Gasteiger partial charge in [-0.3, -0.25) is 14.9 Å². The van der Waals surface area contributed by atoms with Crippen molar-refractivity contribution in [2.75, 3.05) is 26.6 Å². The van der Waals surface area contributed by atoms with Crippen molar-refractivity contribution < 1.29 is 33.5 Å². The minimum atomic E-state index is -1.02. The highest BCUT2D eigenvalue weighted by Crippen LogP contribution is 2.31. The van der Waals surface area contributed by atoms with E-state index >= 15 is 0 Å². The Balaban J connectivity index is 2.18. The predicted molar refractivity (Wildman–Crippen MR) is 103 cm³/mol. The van der Waals surface area contributed by atoms with Gasteiger partial charge < -0.3 is 24.3 Å². The fourth-order valence-electron chi connectivity index (χ4n) is 2.38. The van der Waals surface area contributed by atoms with E-state index < -0.39 is 22.9 Å². The number of carbonyl (C=O) groups excluding carboxylic acids is 2. The van der Waals surface area contributed by atoms with E-state index in [4.69, 9.17) is 14.2 Å². The predicted octanol–water partition coefficient (Wildman–Crippen LogP) is 2.80. The zero-order valence-electron chi connectivity index (χ0n) is 16.3. The lowest BCUT2D eigenvalue weighted by Crippen LogP contribution is -2.30. The molecule has 0 aliphatic carbocycles. The van der Waals surface area contributed by atoms with Gasteiger partial charge in [-0.05, 0) is 37.3 Å². The van der Waals surface area contributed by atoms with Crippen molar-refractivity contribution in [3.8, 4) is 17.2 Å². The van der Waals surface area contributed by atoms with E-state index in [0.717, 1.165) is 0 Å². The van der Waals surface area contributed by atoms with E-state index in [9.17, 15) is 19.7 Å². The average molecular weight is 404 g/mol. The van der Waals surface area contributed by atoms with Crippen LogP contribution in [0, 0.1) is 10.1 Å². The van der Waals surface area contributed by atoms with Crippen molar-refractivity contribution in [3.05, 3.63) is 52.1 Å². The number of anilines is 1. The Labute approximate surface area is 166 Å².